The second-order valence-corrected chi connectivity index (χ2v) is 5.52. The van der Waals surface area contributed by atoms with Crippen molar-refractivity contribution < 1.29 is 14.5 Å². The summed E-state index contributed by atoms with van der Waals surface area (Å²) in [5.74, 6) is -1.18. The van der Waals surface area contributed by atoms with Crippen molar-refractivity contribution in [3.05, 3.63) is 30.3 Å². The Labute approximate surface area is 87.2 Å². The van der Waals surface area contributed by atoms with Crippen molar-refractivity contribution in [3.63, 3.8) is 0 Å². The molecule has 6 heteroatoms. The molecule has 0 saturated carbocycles. The smallest absolute Gasteiger partial charge is 0.348 e. The Morgan fingerprint density at radius 1 is 1.47 bits per heavy atom. The molecule has 80 valence electrons. The third-order valence-electron chi connectivity index (χ3n) is 1.67. The van der Waals surface area contributed by atoms with Crippen LogP contribution in [0.25, 0.3) is 0 Å². The monoisotopic (exact) mass is 226 g/mol. The lowest BCUT2D eigenvalue weighted by molar-refractivity contribution is -0.128. The van der Waals surface area contributed by atoms with Crippen molar-refractivity contribution >= 4 is 24.8 Å². The number of hydrazone groups is 1. The number of rotatable bonds is 4. The first-order valence-corrected chi connectivity index (χ1v) is 6.34. The molecule has 15 heavy (non-hydrogen) atoms. The molecule has 0 aliphatic rings. The summed E-state index contributed by atoms with van der Waals surface area (Å²) < 4.78 is 12.0. The van der Waals surface area contributed by atoms with Crippen LogP contribution in [0.4, 0.5) is 0 Å². The van der Waals surface area contributed by atoms with Crippen LogP contribution < -0.4 is 10.5 Å². The molecule has 1 unspecified atom stereocenters. The van der Waals surface area contributed by atoms with Gasteiger partial charge in [-0.3, -0.25) is 9.76 Å². The molecule has 0 aliphatic carbocycles. The average Bonchev–Trinajstić information content (AvgIpc) is 2.18. The number of nitrogens with zero attached hydrogens (tertiary/aromatic N) is 1. The fourth-order valence-electron chi connectivity index (χ4n) is 0.964. The molecule has 1 atom stereocenters. The molecule has 5 nitrogen and oxygen atoms in total. The van der Waals surface area contributed by atoms with E-state index in [0.29, 0.717) is 11.5 Å². The number of benzene rings is 1. The number of carbonyl (C=O) groups is 1. The first-order chi connectivity index (χ1) is 7.02. The quantitative estimate of drug-likeness (QED) is 0.453. The summed E-state index contributed by atoms with van der Waals surface area (Å²) in [6, 6.07) is 8.72. The first-order valence-electron chi connectivity index (χ1n) is 4.19. The van der Waals surface area contributed by atoms with E-state index in [0.717, 1.165) is 0 Å². The molecule has 0 aromatic heterocycles. The van der Waals surface area contributed by atoms with E-state index in [1.165, 1.54) is 6.66 Å². The third kappa shape index (κ3) is 3.56. The van der Waals surface area contributed by atoms with Crippen molar-refractivity contribution in [2.45, 2.75) is 0 Å². The maximum Gasteiger partial charge on any atom is 0.348 e. The molecule has 0 spiro atoms. The highest BCUT2D eigenvalue weighted by Crippen LogP contribution is 2.34. The largest absolute Gasteiger partial charge is 0.477 e. The van der Waals surface area contributed by atoms with Crippen molar-refractivity contribution in [1.82, 2.24) is 5.20 Å². The Hall–Kier alpha value is -1.61. The molecule has 0 saturated heterocycles. The van der Waals surface area contributed by atoms with Crippen LogP contribution in [0.2, 0.25) is 0 Å². The van der Waals surface area contributed by atoms with Gasteiger partial charge in [-0.1, -0.05) is 18.2 Å². The molecule has 0 heterocycles. The lowest BCUT2D eigenvalue weighted by Gasteiger charge is -2.11. The number of carboxylic acid groups (broad SMARTS) is 1. The van der Waals surface area contributed by atoms with Crippen molar-refractivity contribution in [3.8, 4) is 0 Å². The molecule has 0 amide bonds. The summed E-state index contributed by atoms with van der Waals surface area (Å²) in [6.45, 7) is 1.49. The standard InChI is InChI=1S/C9H11N2O3P/c1-15(14,11-10-7-9(12)13)8-5-3-2-4-6-8/h2-7H,1H3,(H,11,14)(H,12,13)/b10-7+. The second-order valence-electron chi connectivity index (χ2n) is 2.96. The topological polar surface area (TPSA) is 78.8 Å². The van der Waals surface area contributed by atoms with Crippen LogP contribution in [-0.4, -0.2) is 24.0 Å². The Morgan fingerprint density at radius 3 is 2.60 bits per heavy atom. The van der Waals surface area contributed by atoms with Gasteiger partial charge in [-0.15, -0.1) is 0 Å². The summed E-state index contributed by atoms with van der Waals surface area (Å²) >= 11 is 0. The number of hydrogen-bond donors (Lipinski definition) is 2. The van der Waals surface area contributed by atoms with Crippen LogP contribution in [0.1, 0.15) is 0 Å². The molecule has 1 aromatic rings. The lowest BCUT2D eigenvalue weighted by Crippen LogP contribution is -2.14. The van der Waals surface area contributed by atoms with Gasteiger partial charge < -0.3 is 5.11 Å². The van der Waals surface area contributed by atoms with Crippen LogP contribution in [-0.2, 0) is 9.36 Å². The Balaban J connectivity index is 2.77. The average molecular weight is 226 g/mol. The molecule has 1 rings (SSSR count). The lowest BCUT2D eigenvalue weighted by atomic mass is 10.4. The first kappa shape index (κ1) is 11.5. The predicted molar refractivity (Wildman–Crippen MR) is 58.9 cm³/mol. The van der Waals surface area contributed by atoms with Crippen molar-refractivity contribution in [1.29, 1.82) is 0 Å². The highest BCUT2D eigenvalue weighted by molar-refractivity contribution is 7.68. The van der Waals surface area contributed by atoms with Gasteiger partial charge in [-0.05, 0) is 12.1 Å². The number of aliphatic carboxylic acids is 1. The number of nitrogens with one attached hydrogen (secondary N) is 1. The van der Waals surface area contributed by atoms with Gasteiger partial charge in [-0.2, -0.15) is 5.10 Å². The molecule has 1 aromatic carbocycles. The Kier molecular flexibility index (Phi) is 3.63. The van der Waals surface area contributed by atoms with E-state index in [-0.39, 0.29) is 0 Å². The maximum atomic E-state index is 12.0. The van der Waals surface area contributed by atoms with Crippen molar-refractivity contribution in [2.75, 3.05) is 6.66 Å². The number of carboxylic acids is 1. The van der Waals surface area contributed by atoms with Crippen molar-refractivity contribution in [2.24, 2.45) is 5.10 Å². The van der Waals surface area contributed by atoms with Gasteiger partial charge in [0.1, 0.15) is 6.21 Å². The molecular formula is C9H11N2O3P. The Bertz CT molecular complexity index is 417. The fraction of sp³-hybridized carbons (Fsp3) is 0.111. The van der Waals surface area contributed by atoms with E-state index < -0.39 is 13.3 Å². The molecular weight excluding hydrogens is 215 g/mol. The van der Waals surface area contributed by atoms with Gasteiger partial charge >= 0.3 is 5.97 Å². The van der Waals surface area contributed by atoms with E-state index in [9.17, 15) is 9.36 Å². The van der Waals surface area contributed by atoms with Gasteiger partial charge in [0.2, 0.25) is 7.29 Å². The molecule has 0 radical (unpaired) electrons. The predicted octanol–water partition coefficient (Wildman–Crippen LogP) is 0.880. The van der Waals surface area contributed by atoms with Gasteiger partial charge in [0.25, 0.3) is 0 Å². The Morgan fingerprint density at radius 2 is 2.07 bits per heavy atom. The fourth-order valence-corrected chi connectivity index (χ4v) is 2.10. The minimum atomic E-state index is -2.81. The summed E-state index contributed by atoms with van der Waals surface area (Å²) in [5, 5.41) is 14.6. The molecule has 0 bridgehead atoms. The van der Waals surface area contributed by atoms with Crippen LogP contribution in [0.5, 0.6) is 0 Å². The zero-order valence-electron chi connectivity index (χ0n) is 8.12. The normalized spacial score (nSPS) is 14.7. The van der Waals surface area contributed by atoms with Crippen LogP contribution in [0.15, 0.2) is 35.4 Å². The van der Waals surface area contributed by atoms with E-state index in [4.69, 9.17) is 5.11 Å². The van der Waals surface area contributed by atoms with Crippen LogP contribution in [0, 0.1) is 0 Å². The third-order valence-corrected chi connectivity index (χ3v) is 3.45. The van der Waals surface area contributed by atoms with Gasteiger partial charge in [0.05, 0.1) is 0 Å². The van der Waals surface area contributed by atoms with Gasteiger partial charge in [0.15, 0.2) is 0 Å². The van der Waals surface area contributed by atoms with Gasteiger partial charge in [0, 0.05) is 12.0 Å². The van der Waals surface area contributed by atoms with E-state index in [1.807, 2.05) is 6.07 Å². The second kappa shape index (κ2) is 4.75. The molecule has 0 fully saturated rings. The maximum absolute atomic E-state index is 12.0. The summed E-state index contributed by atoms with van der Waals surface area (Å²) in [7, 11) is -2.81. The minimum absolute atomic E-state index is 0.604. The zero-order chi connectivity index (χ0) is 11.3. The van der Waals surface area contributed by atoms with E-state index in [1.54, 1.807) is 24.3 Å². The van der Waals surface area contributed by atoms with E-state index in [2.05, 4.69) is 10.3 Å². The van der Waals surface area contributed by atoms with Crippen LogP contribution in [0.3, 0.4) is 0 Å². The highest BCUT2D eigenvalue weighted by Gasteiger charge is 2.15. The zero-order valence-corrected chi connectivity index (χ0v) is 9.02. The minimum Gasteiger partial charge on any atom is -0.477 e. The summed E-state index contributed by atoms with van der Waals surface area (Å²) in [4.78, 5) is 10.1. The SMILES string of the molecule is CP(=O)(N/N=C/C(=O)O)c1ccccc1. The summed E-state index contributed by atoms with van der Waals surface area (Å²) in [6.07, 6.45) is 0.666. The summed E-state index contributed by atoms with van der Waals surface area (Å²) in [5.41, 5.74) is 0. The van der Waals surface area contributed by atoms with E-state index >= 15 is 0 Å². The molecule has 2 N–H and O–H groups in total. The highest BCUT2D eigenvalue weighted by atomic mass is 31.2. The van der Waals surface area contributed by atoms with Gasteiger partial charge in [-0.25, -0.2) is 4.79 Å². The number of hydrogen-bond acceptors (Lipinski definition) is 3. The molecule has 0 aliphatic heterocycles. The van der Waals surface area contributed by atoms with Crippen LogP contribution >= 0.6 is 7.29 Å².